The SMILES string of the molecule is CCNC(CCCOCC)c1ccccc1OCC. The van der Waals surface area contributed by atoms with Crippen molar-refractivity contribution in [3.05, 3.63) is 29.8 Å². The van der Waals surface area contributed by atoms with E-state index < -0.39 is 0 Å². The van der Waals surface area contributed by atoms with Crippen LogP contribution in [0.3, 0.4) is 0 Å². The maximum absolute atomic E-state index is 5.72. The number of para-hydroxylation sites is 1. The Morgan fingerprint density at radius 2 is 1.89 bits per heavy atom. The van der Waals surface area contributed by atoms with Crippen molar-refractivity contribution in [2.75, 3.05) is 26.4 Å². The van der Waals surface area contributed by atoms with Gasteiger partial charge in [-0.1, -0.05) is 25.1 Å². The molecule has 0 saturated carbocycles. The van der Waals surface area contributed by atoms with E-state index in [0.29, 0.717) is 12.6 Å². The molecule has 1 N–H and O–H groups in total. The molecule has 0 fully saturated rings. The summed E-state index contributed by atoms with van der Waals surface area (Å²) in [6.45, 7) is 9.48. The highest BCUT2D eigenvalue weighted by Crippen LogP contribution is 2.28. The average molecular weight is 265 g/mol. The molecule has 19 heavy (non-hydrogen) atoms. The molecular formula is C16H27NO2. The smallest absolute Gasteiger partial charge is 0.124 e. The highest BCUT2D eigenvalue weighted by Gasteiger charge is 2.14. The van der Waals surface area contributed by atoms with Crippen LogP contribution in [-0.4, -0.2) is 26.4 Å². The van der Waals surface area contributed by atoms with E-state index in [1.165, 1.54) is 5.56 Å². The molecule has 0 aromatic heterocycles. The van der Waals surface area contributed by atoms with E-state index in [0.717, 1.165) is 38.3 Å². The van der Waals surface area contributed by atoms with E-state index in [1.807, 2.05) is 26.0 Å². The van der Waals surface area contributed by atoms with Gasteiger partial charge in [-0.05, 0) is 39.3 Å². The Hall–Kier alpha value is -1.06. The molecule has 0 spiro atoms. The normalized spacial score (nSPS) is 12.4. The number of ether oxygens (including phenoxy) is 2. The largest absolute Gasteiger partial charge is 0.494 e. The second-order valence-electron chi connectivity index (χ2n) is 4.42. The zero-order valence-corrected chi connectivity index (χ0v) is 12.4. The molecule has 0 aliphatic carbocycles. The van der Waals surface area contributed by atoms with Crippen LogP contribution in [0.2, 0.25) is 0 Å². The molecule has 1 unspecified atom stereocenters. The molecule has 1 aromatic carbocycles. The Morgan fingerprint density at radius 1 is 1.11 bits per heavy atom. The Morgan fingerprint density at radius 3 is 2.58 bits per heavy atom. The van der Waals surface area contributed by atoms with Gasteiger partial charge in [0.05, 0.1) is 6.61 Å². The van der Waals surface area contributed by atoms with Crippen molar-refractivity contribution in [1.82, 2.24) is 5.32 Å². The molecule has 3 heteroatoms. The van der Waals surface area contributed by atoms with Crippen LogP contribution in [0.25, 0.3) is 0 Å². The topological polar surface area (TPSA) is 30.5 Å². The van der Waals surface area contributed by atoms with E-state index in [2.05, 4.69) is 24.4 Å². The fourth-order valence-corrected chi connectivity index (χ4v) is 2.20. The number of benzene rings is 1. The molecule has 0 aliphatic heterocycles. The van der Waals surface area contributed by atoms with Gasteiger partial charge in [-0.15, -0.1) is 0 Å². The summed E-state index contributed by atoms with van der Waals surface area (Å²) in [7, 11) is 0. The van der Waals surface area contributed by atoms with Gasteiger partial charge >= 0.3 is 0 Å². The van der Waals surface area contributed by atoms with Crippen molar-refractivity contribution < 1.29 is 9.47 Å². The second kappa shape index (κ2) is 9.82. The second-order valence-corrected chi connectivity index (χ2v) is 4.42. The standard InChI is InChI=1S/C16H27NO2/c1-4-17-15(11-9-13-18-5-2)14-10-7-8-12-16(14)19-6-3/h7-8,10,12,15,17H,4-6,9,11,13H2,1-3H3. The molecule has 0 saturated heterocycles. The lowest BCUT2D eigenvalue weighted by Crippen LogP contribution is -2.22. The van der Waals surface area contributed by atoms with Crippen molar-refractivity contribution >= 4 is 0 Å². The minimum atomic E-state index is 0.341. The van der Waals surface area contributed by atoms with E-state index in [1.54, 1.807) is 0 Å². The van der Waals surface area contributed by atoms with Crippen molar-refractivity contribution in [3.8, 4) is 5.75 Å². The highest BCUT2D eigenvalue weighted by atomic mass is 16.5. The number of nitrogens with one attached hydrogen (secondary N) is 1. The lowest BCUT2D eigenvalue weighted by atomic mass is 10.0. The molecule has 0 aliphatic rings. The zero-order chi connectivity index (χ0) is 13.9. The van der Waals surface area contributed by atoms with Crippen molar-refractivity contribution in [2.24, 2.45) is 0 Å². The molecule has 0 bridgehead atoms. The minimum Gasteiger partial charge on any atom is -0.494 e. The van der Waals surface area contributed by atoms with Crippen LogP contribution in [0.15, 0.2) is 24.3 Å². The van der Waals surface area contributed by atoms with E-state index in [4.69, 9.17) is 9.47 Å². The van der Waals surface area contributed by atoms with Crippen molar-refractivity contribution in [1.29, 1.82) is 0 Å². The predicted octanol–water partition coefficient (Wildman–Crippen LogP) is 3.55. The van der Waals surface area contributed by atoms with Crippen molar-refractivity contribution in [3.63, 3.8) is 0 Å². The Kier molecular flexibility index (Phi) is 8.26. The van der Waals surface area contributed by atoms with E-state index >= 15 is 0 Å². The molecule has 1 atom stereocenters. The van der Waals surface area contributed by atoms with Gasteiger partial charge in [0.15, 0.2) is 0 Å². The van der Waals surface area contributed by atoms with Crippen LogP contribution < -0.4 is 10.1 Å². The van der Waals surface area contributed by atoms with Crippen LogP contribution in [0, 0.1) is 0 Å². The fourth-order valence-electron chi connectivity index (χ4n) is 2.20. The van der Waals surface area contributed by atoms with Gasteiger partial charge in [-0.3, -0.25) is 0 Å². The predicted molar refractivity (Wildman–Crippen MR) is 79.8 cm³/mol. The van der Waals surface area contributed by atoms with Crippen LogP contribution in [-0.2, 0) is 4.74 Å². The van der Waals surface area contributed by atoms with Gasteiger partial charge in [-0.25, -0.2) is 0 Å². The summed E-state index contributed by atoms with van der Waals surface area (Å²) in [6.07, 6.45) is 2.13. The minimum absolute atomic E-state index is 0.341. The van der Waals surface area contributed by atoms with Gasteiger partial charge in [0.2, 0.25) is 0 Å². The molecule has 1 rings (SSSR count). The Bertz CT molecular complexity index is 341. The first-order chi connectivity index (χ1) is 9.33. The number of hydrogen-bond donors (Lipinski definition) is 1. The van der Waals surface area contributed by atoms with Crippen molar-refractivity contribution in [2.45, 2.75) is 39.7 Å². The van der Waals surface area contributed by atoms with Crippen LogP contribution in [0.5, 0.6) is 5.75 Å². The van der Waals surface area contributed by atoms with Crippen LogP contribution in [0.4, 0.5) is 0 Å². The zero-order valence-electron chi connectivity index (χ0n) is 12.4. The van der Waals surface area contributed by atoms with Gasteiger partial charge in [0.25, 0.3) is 0 Å². The monoisotopic (exact) mass is 265 g/mol. The summed E-state index contributed by atoms with van der Waals surface area (Å²) in [6, 6.07) is 8.64. The van der Waals surface area contributed by atoms with E-state index in [-0.39, 0.29) is 0 Å². The summed E-state index contributed by atoms with van der Waals surface area (Å²) in [5.41, 5.74) is 1.25. The third-order valence-corrected chi connectivity index (χ3v) is 3.03. The number of rotatable bonds is 10. The summed E-state index contributed by atoms with van der Waals surface area (Å²) in [4.78, 5) is 0. The number of hydrogen-bond acceptors (Lipinski definition) is 3. The maximum Gasteiger partial charge on any atom is 0.124 e. The summed E-state index contributed by atoms with van der Waals surface area (Å²) < 4.78 is 11.1. The first-order valence-corrected chi connectivity index (χ1v) is 7.36. The van der Waals surface area contributed by atoms with Gasteiger partial charge in [0, 0.05) is 24.8 Å². The third-order valence-electron chi connectivity index (χ3n) is 3.03. The lowest BCUT2D eigenvalue weighted by Gasteiger charge is -2.21. The fraction of sp³-hybridized carbons (Fsp3) is 0.625. The van der Waals surface area contributed by atoms with Gasteiger partial charge < -0.3 is 14.8 Å². The first kappa shape index (κ1) is 16.0. The van der Waals surface area contributed by atoms with E-state index in [9.17, 15) is 0 Å². The van der Waals surface area contributed by atoms with Crippen LogP contribution in [0.1, 0.15) is 45.2 Å². The maximum atomic E-state index is 5.72. The Balaban J connectivity index is 2.68. The molecule has 0 amide bonds. The molecule has 0 radical (unpaired) electrons. The Labute approximate surface area is 117 Å². The quantitative estimate of drug-likeness (QED) is 0.656. The summed E-state index contributed by atoms with van der Waals surface area (Å²) in [5.74, 6) is 0.993. The summed E-state index contributed by atoms with van der Waals surface area (Å²) >= 11 is 0. The van der Waals surface area contributed by atoms with Crippen LogP contribution >= 0.6 is 0 Å². The first-order valence-electron chi connectivity index (χ1n) is 7.36. The summed E-state index contributed by atoms with van der Waals surface area (Å²) in [5, 5.41) is 3.54. The highest BCUT2D eigenvalue weighted by molar-refractivity contribution is 5.35. The molecule has 108 valence electrons. The molecule has 0 heterocycles. The molecular weight excluding hydrogens is 238 g/mol. The molecule has 1 aromatic rings. The lowest BCUT2D eigenvalue weighted by molar-refractivity contribution is 0.140. The average Bonchev–Trinajstić information content (AvgIpc) is 2.43. The van der Waals surface area contributed by atoms with Gasteiger partial charge in [-0.2, -0.15) is 0 Å². The van der Waals surface area contributed by atoms with Gasteiger partial charge in [0.1, 0.15) is 5.75 Å². The molecule has 3 nitrogen and oxygen atoms in total. The third kappa shape index (κ3) is 5.62.